The summed E-state index contributed by atoms with van der Waals surface area (Å²) in [6, 6.07) is 13.3. The molecule has 26 heavy (non-hydrogen) atoms. The van der Waals surface area contributed by atoms with Gasteiger partial charge >= 0.3 is 5.97 Å². The van der Waals surface area contributed by atoms with Crippen LogP contribution < -0.4 is 0 Å². The quantitative estimate of drug-likeness (QED) is 0.373. The Hall–Kier alpha value is -3.19. The van der Waals surface area contributed by atoms with Crippen molar-refractivity contribution in [3.05, 3.63) is 92.8 Å². The normalized spacial score (nSPS) is 10.5. The van der Waals surface area contributed by atoms with Crippen LogP contribution in [0.3, 0.4) is 0 Å². The van der Waals surface area contributed by atoms with Gasteiger partial charge in [0.15, 0.2) is 0 Å². The number of ether oxygens (including phenoxy) is 1. The van der Waals surface area contributed by atoms with E-state index in [0.29, 0.717) is 22.7 Å². The van der Waals surface area contributed by atoms with Gasteiger partial charge in [-0.1, -0.05) is 41.9 Å². The summed E-state index contributed by atoms with van der Waals surface area (Å²) in [7, 11) is 0. The second-order valence-electron chi connectivity index (χ2n) is 5.52. The molecular formula is C18H14ClN3O4. The zero-order valence-corrected chi connectivity index (χ0v) is 14.3. The molecule has 0 aliphatic heterocycles. The van der Waals surface area contributed by atoms with Gasteiger partial charge in [0.2, 0.25) is 0 Å². The number of nitro benzene ring substituents is 1. The van der Waals surface area contributed by atoms with Gasteiger partial charge in [0, 0.05) is 23.4 Å². The fraction of sp³-hybridized carbons (Fsp3) is 0.111. The number of non-ortho nitro benzene ring substituents is 1. The van der Waals surface area contributed by atoms with Crippen molar-refractivity contribution < 1.29 is 14.5 Å². The summed E-state index contributed by atoms with van der Waals surface area (Å²) in [5, 5.41) is 15.5. The molecule has 0 atom stereocenters. The van der Waals surface area contributed by atoms with Gasteiger partial charge in [-0.3, -0.25) is 14.8 Å². The van der Waals surface area contributed by atoms with Gasteiger partial charge in [-0.05, 0) is 17.2 Å². The Balaban J connectivity index is 1.62. The standard InChI is InChI=1S/C18H14ClN3O4/c19-17-7-2-1-5-14(17)10-21-11-15(9-20-21)18(23)26-12-13-4-3-6-16(8-13)22(24)25/h1-9,11H,10,12H2. The third-order valence-electron chi connectivity index (χ3n) is 3.65. The summed E-state index contributed by atoms with van der Waals surface area (Å²) >= 11 is 6.12. The molecule has 2 aromatic carbocycles. The summed E-state index contributed by atoms with van der Waals surface area (Å²) < 4.78 is 6.78. The molecule has 7 nitrogen and oxygen atoms in total. The summed E-state index contributed by atoms with van der Waals surface area (Å²) in [5.74, 6) is -0.554. The van der Waals surface area contributed by atoms with Crippen molar-refractivity contribution in [1.82, 2.24) is 9.78 Å². The van der Waals surface area contributed by atoms with E-state index in [0.717, 1.165) is 5.56 Å². The monoisotopic (exact) mass is 371 g/mol. The maximum Gasteiger partial charge on any atom is 0.341 e. The molecule has 8 heteroatoms. The first kappa shape index (κ1) is 17.6. The lowest BCUT2D eigenvalue weighted by Crippen LogP contribution is -2.05. The van der Waals surface area contributed by atoms with Gasteiger partial charge in [0.25, 0.3) is 5.69 Å². The molecule has 0 spiro atoms. The van der Waals surface area contributed by atoms with Gasteiger partial charge in [-0.15, -0.1) is 0 Å². The highest BCUT2D eigenvalue weighted by Gasteiger charge is 2.12. The maximum atomic E-state index is 12.1. The largest absolute Gasteiger partial charge is 0.457 e. The van der Waals surface area contributed by atoms with Crippen molar-refractivity contribution >= 4 is 23.3 Å². The molecule has 0 radical (unpaired) electrons. The number of hydrogen-bond acceptors (Lipinski definition) is 5. The van der Waals surface area contributed by atoms with Crippen molar-refractivity contribution in [1.29, 1.82) is 0 Å². The number of hydrogen-bond donors (Lipinski definition) is 0. The third-order valence-corrected chi connectivity index (χ3v) is 4.02. The Kier molecular flexibility index (Phi) is 5.28. The van der Waals surface area contributed by atoms with Crippen LogP contribution in [0.4, 0.5) is 5.69 Å². The van der Waals surface area contributed by atoms with Crippen molar-refractivity contribution in [2.45, 2.75) is 13.2 Å². The highest BCUT2D eigenvalue weighted by Crippen LogP contribution is 2.17. The number of benzene rings is 2. The van der Waals surface area contributed by atoms with E-state index in [1.807, 2.05) is 18.2 Å². The lowest BCUT2D eigenvalue weighted by molar-refractivity contribution is -0.384. The minimum Gasteiger partial charge on any atom is -0.457 e. The molecule has 1 heterocycles. The number of carbonyl (C=O) groups excluding carboxylic acids is 1. The van der Waals surface area contributed by atoms with Crippen molar-refractivity contribution in [2.75, 3.05) is 0 Å². The number of carbonyl (C=O) groups is 1. The van der Waals surface area contributed by atoms with Crippen LogP contribution >= 0.6 is 11.6 Å². The first-order chi connectivity index (χ1) is 12.5. The molecule has 0 aliphatic rings. The predicted molar refractivity (Wildman–Crippen MR) is 95.0 cm³/mol. The Labute approximate surface area is 153 Å². The van der Waals surface area contributed by atoms with Gasteiger partial charge in [-0.25, -0.2) is 4.79 Å². The van der Waals surface area contributed by atoms with E-state index in [2.05, 4.69) is 5.10 Å². The van der Waals surface area contributed by atoms with Crippen LogP contribution in [0.2, 0.25) is 5.02 Å². The molecule has 3 aromatic rings. The molecule has 1 aromatic heterocycles. The van der Waals surface area contributed by atoms with E-state index in [1.165, 1.54) is 18.3 Å². The zero-order valence-electron chi connectivity index (χ0n) is 13.5. The second-order valence-corrected chi connectivity index (χ2v) is 5.93. The summed E-state index contributed by atoms with van der Waals surface area (Å²) in [6.07, 6.45) is 2.98. The number of nitrogens with zero attached hydrogens (tertiary/aromatic N) is 3. The molecule has 0 saturated heterocycles. The van der Waals surface area contributed by atoms with Crippen LogP contribution in [0.5, 0.6) is 0 Å². The van der Waals surface area contributed by atoms with E-state index >= 15 is 0 Å². The Morgan fingerprint density at radius 2 is 2.04 bits per heavy atom. The molecule has 0 bridgehead atoms. The molecule has 132 valence electrons. The zero-order chi connectivity index (χ0) is 18.5. The number of nitro groups is 1. The lowest BCUT2D eigenvalue weighted by atomic mass is 10.2. The fourth-order valence-electron chi connectivity index (χ4n) is 2.35. The van der Waals surface area contributed by atoms with Crippen LogP contribution in [-0.2, 0) is 17.9 Å². The topological polar surface area (TPSA) is 87.3 Å². The number of rotatable bonds is 6. The smallest absolute Gasteiger partial charge is 0.341 e. The van der Waals surface area contributed by atoms with Crippen LogP contribution in [0.1, 0.15) is 21.5 Å². The van der Waals surface area contributed by atoms with Crippen LogP contribution in [0.25, 0.3) is 0 Å². The summed E-state index contributed by atoms with van der Waals surface area (Å²) in [4.78, 5) is 22.4. The van der Waals surface area contributed by atoms with Crippen molar-refractivity contribution in [3.8, 4) is 0 Å². The first-order valence-corrected chi connectivity index (χ1v) is 8.07. The van der Waals surface area contributed by atoms with Gasteiger partial charge in [0.05, 0.1) is 23.2 Å². The third kappa shape index (κ3) is 4.25. The van der Waals surface area contributed by atoms with E-state index in [-0.39, 0.29) is 12.3 Å². The van der Waals surface area contributed by atoms with E-state index < -0.39 is 10.9 Å². The average molecular weight is 372 g/mol. The predicted octanol–water partition coefficient (Wildman–Crippen LogP) is 3.85. The first-order valence-electron chi connectivity index (χ1n) is 7.69. The number of esters is 1. The van der Waals surface area contributed by atoms with Crippen LogP contribution in [0, 0.1) is 10.1 Å². The minimum atomic E-state index is -0.554. The molecule has 0 amide bonds. The second kappa shape index (κ2) is 7.79. The van der Waals surface area contributed by atoms with E-state index in [4.69, 9.17) is 16.3 Å². The molecule has 3 rings (SSSR count). The molecule has 0 fully saturated rings. The highest BCUT2D eigenvalue weighted by molar-refractivity contribution is 6.31. The van der Waals surface area contributed by atoms with Crippen molar-refractivity contribution in [3.63, 3.8) is 0 Å². The van der Waals surface area contributed by atoms with Gasteiger partial charge < -0.3 is 4.74 Å². The SMILES string of the molecule is O=C(OCc1cccc([N+](=O)[O-])c1)c1cnn(Cc2ccccc2Cl)c1. The van der Waals surface area contributed by atoms with E-state index in [9.17, 15) is 14.9 Å². The molecule has 0 N–H and O–H groups in total. The molecule has 0 saturated carbocycles. The Morgan fingerprint density at radius 3 is 2.81 bits per heavy atom. The maximum absolute atomic E-state index is 12.1. The summed E-state index contributed by atoms with van der Waals surface area (Å²) in [6.45, 7) is 0.369. The molecule has 0 unspecified atom stereocenters. The van der Waals surface area contributed by atoms with Crippen LogP contribution in [-0.4, -0.2) is 20.7 Å². The Morgan fingerprint density at radius 1 is 1.23 bits per heavy atom. The minimum absolute atomic E-state index is 0.0499. The molecule has 0 aliphatic carbocycles. The van der Waals surface area contributed by atoms with Crippen LogP contribution in [0.15, 0.2) is 60.9 Å². The Bertz CT molecular complexity index is 955. The number of aromatic nitrogens is 2. The lowest BCUT2D eigenvalue weighted by Gasteiger charge is -2.04. The molecular weight excluding hydrogens is 358 g/mol. The van der Waals surface area contributed by atoms with Crippen molar-refractivity contribution in [2.24, 2.45) is 0 Å². The van der Waals surface area contributed by atoms with E-state index in [1.54, 1.807) is 29.1 Å². The van der Waals surface area contributed by atoms with Gasteiger partial charge in [0.1, 0.15) is 6.61 Å². The fourth-order valence-corrected chi connectivity index (χ4v) is 2.54. The number of halogens is 1. The summed E-state index contributed by atoms with van der Waals surface area (Å²) in [5.41, 5.74) is 1.67. The highest BCUT2D eigenvalue weighted by atomic mass is 35.5. The average Bonchev–Trinajstić information content (AvgIpc) is 3.10. The van der Waals surface area contributed by atoms with Gasteiger partial charge in [-0.2, -0.15) is 5.10 Å².